The Labute approximate surface area is 197 Å². The summed E-state index contributed by atoms with van der Waals surface area (Å²) in [5, 5.41) is 0.469. The number of aryl methyl sites for hydroxylation is 2. The Morgan fingerprint density at radius 2 is 1.78 bits per heavy atom. The average molecular weight is 492 g/mol. The van der Waals surface area contributed by atoms with Gasteiger partial charge in [-0.1, -0.05) is 50.3 Å². The molecular weight excluding hydrogens is 462 g/mol. The van der Waals surface area contributed by atoms with E-state index in [0.29, 0.717) is 10.9 Å². The summed E-state index contributed by atoms with van der Waals surface area (Å²) in [4.78, 5) is 18.3. The monoisotopic (exact) mass is 491 g/mol. The van der Waals surface area contributed by atoms with Crippen LogP contribution in [0.3, 0.4) is 0 Å². The van der Waals surface area contributed by atoms with Gasteiger partial charge in [0.05, 0.1) is 9.10 Å². The van der Waals surface area contributed by atoms with Crippen molar-refractivity contribution in [2.24, 2.45) is 0 Å². The molecular formula is C23H29N3O3S3. The highest BCUT2D eigenvalue weighted by Crippen LogP contribution is 2.43. The fraction of sp³-hybridized carbons (Fsp3) is 0.478. The Bertz CT molecular complexity index is 1220. The Morgan fingerprint density at radius 1 is 1.12 bits per heavy atom. The first-order valence-electron chi connectivity index (χ1n) is 11.1. The molecule has 32 heavy (non-hydrogen) atoms. The average Bonchev–Trinajstić information content (AvgIpc) is 2.91. The molecule has 0 aromatic heterocycles. The molecule has 172 valence electrons. The molecule has 1 N–H and O–H groups in total. The molecule has 6 nitrogen and oxygen atoms in total. The van der Waals surface area contributed by atoms with Crippen LogP contribution in [0.25, 0.3) is 5.69 Å². The first-order valence-corrected chi connectivity index (χ1v) is 14.3. The molecule has 4 rings (SSSR count). The van der Waals surface area contributed by atoms with Gasteiger partial charge >= 0.3 is 5.69 Å². The lowest BCUT2D eigenvalue weighted by Crippen LogP contribution is -2.18. The van der Waals surface area contributed by atoms with Crippen molar-refractivity contribution in [3.63, 3.8) is 0 Å². The van der Waals surface area contributed by atoms with Gasteiger partial charge in [0, 0.05) is 15.8 Å². The lowest BCUT2D eigenvalue weighted by atomic mass is 10.2. The summed E-state index contributed by atoms with van der Waals surface area (Å²) in [5.41, 5.74) is 1.95. The van der Waals surface area contributed by atoms with Crippen LogP contribution in [0.5, 0.6) is 0 Å². The Hall–Kier alpha value is -1.84. The van der Waals surface area contributed by atoms with E-state index in [1.54, 1.807) is 51.9 Å². The third kappa shape index (κ3) is 4.75. The number of fused-ring (bicyclic) bond motifs is 1. The van der Waals surface area contributed by atoms with Crippen molar-refractivity contribution >= 4 is 38.9 Å². The van der Waals surface area contributed by atoms with Gasteiger partial charge in [-0.15, -0.1) is 23.1 Å². The number of rotatable bonds is 6. The standard InChI is InChI=1S/C23H29N3O3S3/c1-4-19-16(3)26-20(22(31-19)30-17-9-7-5-6-8-10-17)21(24-23(26)27)25-32(28,29)18-13-11-15(2)12-14-18/h11-14,17H,4-10H2,1-3H3,(H,24,25,27). The second-order valence-electron chi connectivity index (χ2n) is 8.33. The molecule has 9 heteroatoms. The van der Waals surface area contributed by atoms with E-state index >= 15 is 0 Å². The van der Waals surface area contributed by atoms with E-state index in [4.69, 9.17) is 0 Å². The van der Waals surface area contributed by atoms with Crippen molar-refractivity contribution < 1.29 is 8.42 Å². The maximum Gasteiger partial charge on any atom is 0.354 e. The van der Waals surface area contributed by atoms with Crippen molar-refractivity contribution in [2.75, 3.05) is 4.72 Å². The summed E-state index contributed by atoms with van der Waals surface area (Å²) in [6.45, 7) is 5.89. The highest BCUT2D eigenvalue weighted by molar-refractivity contribution is 8.01. The van der Waals surface area contributed by atoms with E-state index in [2.05, 4.69) is 16.6 Å². The third-order valence-corrected chi connectivity index (χ3v) is 10.3. The number of nitrogens with zero attached hydrogens (tertiary/aromatic N) is 2. The van der Waals surface area contributed by atoms with Crippen LogP contribution >= 0.6 is 23.1 Å². The minimum absolute atomic E-state index is 0.119. The molecule has 0 saturated heterocycles. The van der Waals surface area contributed by atoms with E-state index < -0.39 is 15.7 Å². The van der Waals surface area contributed by atoms with Crippen LogP contribution in [0.15, 0.2) is 38.2 Å². The summed E-state index contributed by atoms with van der Waals surface area (Å²) in [7, 11) is -3.86. The maximum absolute atomic E-state index is 13.1. The van der Waals surface area contributed by atoms with E-state index in [9.17, 15) is 13.2 Å². The van der Waals surface area contributed by atoms with E-state index in [1.807, 2.05) is 13.8 Å². The minimum Gasteiger partial charge on any atom is -0.261 e. The SMILES string of the molecule is CCc1sc(SC2CCCCCC2)c2c(NS(=O)(=O)c3ccc(C)cc3)nc(=O)n-2c1C. The fourth-order valence-electron chi connectivity index (χ4n) is 4.15. The summed E-state index contributed by atoms with van der Waals surface area (Å²) in [6, 6.07) is 6.65. The zero-order valence-electron chi connectivity index (χ0n) is 18.7. The fourth-order valence-corrected chi connectivity index (χ4v) is 8.13. The molecule has 1 aromatic rings. The van der Waals surface area contributed by atoms with Gasteiger partial charge < -0.3 is 0 Å². The lowest BCUT2D eigenvalue weighted by Gasteiger charge is -2.20. The number of hydrogen-bond acceptors (Lipinski definition) is 6. The molecule has 0 amide bonds. The first kappa shape index (κ1) is 23.3. The van der Waals surface area contributed by atoms with Gasteiger partial charge in [-0.2, -0.15) is 4.98 Å². The van der Waals surface area contributed by atoms with Crippen molar-refractivity contribution in [1.29, 1.82) is 0 Å². The van der Waals surface area contributed by atoms with Gasteiger partial charge in [0.1, 0.15) is 5.69 Å². The number of benzene rings is 1. The minimum atomic E-state index is -3.86. The first-order chi connectivity index (χ1) is 15.3. The summed E-state index contributed by atoms with van der Waals surface area (Å²) in [5.74, 6) is 0.119. The van der Waals surface area contributed by atoms with Crippen molar-refractivity contribution in [2.45, 2.75) is 80.1 Å². The predicted octanol–water partition coefficient (Wildman–Crippen LogP) is 5.53. The second-order valence-corrected chi connectivity index (χ2v) is 12.7. The molecule has 3 aliphatic rings. The third-order valence-electron chi connectivity index (χ3n) is 5.95. The number of thioether (sulfide) groups is 1. The maximum atomic E-state index is 13.1. The number of sulfonamides is 1. The number of hydrogen-bond donors (Lipinski definition) is 1. The Kier molecular flexibility index (Phi) is 6.97. The molecule has 1 aliphatic carbocycles. The van der Waals surface area contributed by atoms with Crippen molar-refractivity contribution in [3.8, 4) is 5.69 Å². The normalized spacial score (nSPS) is 15.7. The van der Waals surface area contributed by atoms with Gasteiger partial charge in [-0.05, 0) is 45.2 Å². The molecule has 2 heterocycles. The number of anilines is 1. The topological polar surface area (TPSA) is 81.1 Å². The molecule has 0 atom stereocenters. The molecule has 0 unspecified atom stereocenters. The van der Waals surface area contributed by atoms with E-state index in [0.717, 1.165) is 39.6 Å². The summed E-state index contributed by atoms with van der Waals surface area (Å²) >= 11 is 3.44. The lowest BCUT2D eigenvalue weighted by molar-refractivity contribution is 0.601. The van der Waals surface area contributed by atoms with Gasteiger partial charge in [0.25, 0.3) is 10.0 Å². The van der Waals surface area contributed by atoms with Crippen LogP contribution in [-0.4, -0.2) is 23.2 Å². The zero-order chi connectivity index (χ0) is 22.9. The van der Waals surface area contributed by atoms with Crippen LogP contribution in [0.4, 0.5) is 5.82 Å². The molecule has 0 bridgehead atoms. The van der Waals surface area contributed by atoms with Gasteiger partial charge in [-0.25, -0.2) is 13.2 Å². The number of imidazole rings is 1. The van der Waals surface area contributed by atoms with Gasteiger partial charge in [0.2, 0.25) is 0 Å². The van der Waals surface area contributed by atoms with Crippen LogP contribution in [0, 0.1) is 13.8 Å². The van der Waals surface area contributed by atoms with E-state index in [1.165, 1.54) is 25.7 Å². The summed E-state index contributed by atoms with van der Waals surface area (Å²) in [6.07, 6.45) is 8.05. The van der Waals surface area contributed by atoms with Crippen LogP contribution < -0.4 is 10.4 Å². The van der Waals surface area contributed by atoms with Crippen LogP contribution in [-0.2, 0) is 16.4 Å². The van der Waals surface area contributed by atoms with E-state index in [-0.39, 0.29) is 10.7 Å². The molecule has 1 aromatic carbocycles. The Balaban J connectivity index is 1.79. The Morgan fingerprint density at radius 3 is 2.41 bits per heavy atom. The quantitative estimate of drug-likeness (QED) is 0.459. The molecule has 1 saturated carbocycles. The molecule has 0 radical (unpaired) electrons. The zero-order valence-corrected chi connectivity index (χ0v) is 21.1. The molecule has 2 aliphatic heterocycles. The number of nitrogens with one attached hydrogen (secondary N) is 1. The van der Waals surface area contributed by atoms with Gasteiger partial charge in [-0.3, -0.25) is 9.29 Å². The highest BCUT2D eigenvalue weighted by Gasteiger charge is 2.28. The number of aromatic nitrogens is 2. The summed E-state index contributed by atoms with van der Waals surface area (Å²) < 4.78 is 31.3. The molecule has 1 fully saturated rings. The largest absolute Gasteiger partial charge is 0.354 e. The molecule has 0 spiro atoms. The van der Waals surface area contributed by atoms with Crippen molar-refractivity contribution in [3.05, 3.63) is 50.9 Å². The van der Waals surface area contributed by atoms with Crippen LogP contribution in [0.2, 0.25) is 0 Å². The highest BCUT2D eigenvalue weighted by atomic mass is 32.2. The smallest absolute Gasteiger partial charge is 0.261 e. The second kappa shape index (κ2) is 9.57. The van der Waals surface area contributed by atoms with Gasteiger partial charge in [0.15, 0.2) is 5.82 Å². The van der Waals surface area contributed by atoms with Crippen molar-refractivity contribution in [1.82, 2.24) is 9.55 Å². The predicted molar refractivity (Wildman–Crippen MR) is 132 cm³/mol. The van der Waals surface area contributed by atoms with Crippen LogP contribution in [0.1, 0.15) is 61.6 Å².